The minimum absolute atomic E-state index is 0.0932. The number of amides is 1. The van der Waals surface area contributed by atoms with Crippen LogP contribution >= 0.6 is 0 Å². The molecule has 1 aliphatic heterocycles. The van der Waals surface area contributed by atoms with Crippen LogP contribution in [0.4, 0.5) is 0 Å². The van der Waals surface area contributed by atoms with Crippen molar-refractivity contribution in [3.8, 4) is 0 Å². The quantitative estimate of drug-likeness (QED) is 0.915. The van der Waals surface area contributed by atoms with Gasteiger partial charge < -0.3 is 14.5 Å². The van der Waals surface area contributed by atoms with Crippen LogP contribution in [0.25, 0.3) is 0 Å². The molecule has 1 aliphatic rings. The summed E-state index contributed by atoms with van der Waals surface area (Å²) in [5.41, 5.74) is 2.44. The van der Waals surface area contributed by atoms with Gasteiger partial charge in [-0.05, 0) is 25.3 Å². The first-order chi connectivity index (χ1) is 11.6. The molecule has 24 heavy (non-hydrogen) atoms. The summed E-state index contributed by atoms with van der Waals surface area (Å²) in [7, 11) is 0. The molecular formula is C19H24N2O3. The number of piperidine rings is 1. The van der Waals surface area contributed by atoms with E-state index in [1.165, 1.54) is 11.1 Å². The lowest BCUT2D eigenvalue weighted by molar-refractivity contribution is -0.135. The second kappa shape index (κ2) is 7.62. The van der Waals surface area contributed by atoms with Crippen molar-refractivity contribution in [2.45, 2.75) is 38.7 Å². The van der Waals surface area contributed by atoms with E-state index in [-0.39, 0.29) is 17.9 Å². The minimum atomic E-state index is -0.343. The van der Waals surface area contributed by atoms with E-state index in [4.69, 9.17) is 4.52 Å². The fourth-order valence-electron chi connectivity index (χ4n) is 3.23. The van der Waals surface area contributed by atoms with Gasteiger partial charge in [0.2, 0.25) is 5.91 Å². The van der Waals surface area contributed by atoms with Gasteiger partial charge in [-0.25, -0.2) is 0 Å². The topological polar surface area (TPSA) is 66.6 Å². The number of aryl methyl sites for hydroxylation is 2. The van der Waals surface area contributed by atoms with Crippen molar-refractivity contribution >= 4 is 5.91 Å². The lowest BCUT2D eigenvalue weighted by Crippen LogP contribution is -2.46. The van der Waals surface area contributed by atoms with E-state index < -0.39 is 0 Å². The van der Waals surface area contributed by atoms with Gasteiger partial charge in [0.1, 0.15) is 5.76 Å². The number of likely N-dealkylation sites (tertiary alicyclic amines) is 1. The van der Waals surface area contributed by atoms with E-state index in [0.717, 1.165) is 12.2 Å². The van der Waals surface area contributed by atoms with Crippen LogP contribution in [0.1, 0.15) is 29.7 Å². The molecule has 0 radical (unpaired) electrons. The van der Waals surface area contributed by atoms with Gasteiger partial charge in [0, 0.05) is 37.9 Å². The van der Waals surface area contributed by atoms with Crippen LogP contribution in [-0.2, 0) is 17.6 Å². The maximum absolute atomic E-state index is 12.4. The Hall–Kier alpha value is -2.14. The number of hydrogen-bond acceptors (Lipinski definition) is 4. The molecule has 3 rings (SSSR count). The molecule has 0 bridgehead atoms. The lowest BCUT2D eigenvalue weighted by atomic mass is 9.88. The van der Waals surface area contributed by atoms with E-state index in [1.807, 2.05) is 4.90 Å². The zero-order chi connectivity index (χ0) is 16.9. The zero-order valence-corrected chi connectivity index (χ0v) is 14.0. The lowest BCUT2D eigenvalue weighted by Gasteiger charge is -2.36. The molecule has 5 heteroatoms. The zero-order valence-electron chi connectivity index (χ0n) is 14.0. The fraction of sp³-hybridized carbons (Fsp3) is 0.474. The number of carbonyl (C=O) groups excluding carboxylic acids is 1. The number of benzene rings is 1. The number of aromatic nitrogens is 1. The molecule has 1 aromatic heterocycles. The van der Waals surface area contributed by atoms with Crippen molar-refractivity contribution in [1.29, 1.82) is 0 Å². The number of nitrogens with zero attached hydrogens (tertiary/aromatic N) is 2. The molecule has 2 heterocycles. The predicted octanol–water partition coefficient (Wildman–Crippen LogP) is 2.37. The molecule has 0 saturated carbocycles. The molecule has 1 N–H and O–H groups in total. The summed E-state index contributed by atoms with van der Waals surface area (Å²) in [6.07, 6.45) is 3.68. The number of aliphatic hydroxyl groups is 1. The third kappa shape index (κ3) is 4.23. The molecule has 1 amide bonds. The second-order valence-electron chi connectivity index (χ2n) is 6.62. The van der Waals surface area contributed by atoms with E-state index in [2.05, 4.69) is 36.3 Å². The van der Waals surface area contributed by atoms with Crippen LogP contribution in [0.3, 0.4) is 0 Å². The van der Waals surface area contributed by atoms with Crippen molar-refractivity contribution in [2.24, 2.45) is 5.92 Å². The molecule has 0 spiro atoms. The number of aliphatic hydroxyl groups excluding tert-OH is 1. The van der Waals surface area contributed by atoms with Crippen LogP contribution in [0, 0.1) is 12.8 Å². The summed E-state index contributed by atoms with van der Waals surface area (Å²) in [4.78, 5) is 14.3. The highest BCUT2D eigenvalue weighted by molar-refractivity contribution is 5.76. The average molecular weight is 328 g/mol. The van der Waals surface area contributed by atoms with Gasteiger partial charge >= 0.3 is 0 Å². The Bertz CT molecular complexity index is 652. The van der Waals surface area contributed by atoms with Crippen molar-refractivity contribution < 1.29 is 14.4 Å². The highest BCUT2D eigenvalue weighted by Gasteiger charge is 2.30. The molecular weight excluding hydrogens is 304 g/mol. The summed E-state index contributed by atoms with van der Waals surface area (Å²) in [6, 6.07) is 10.2. The number of rotatable bonds is 5. The molecule has 1 fully saturated rings. The standard InChI is InChI=1S/C19H24N2O3/c1-14-2-4-15(5-3-14)12-16-13-21(11-9-18(16)22)19(23)7-6-17-8-10-20-24-17/h2-5,8,10,16,18,22H,6-7,9,11-13H2,1H3/t16-,18+/m1/s1. The molecule has 2 atom stereocenters. The highest BCUT2D eigenvalue weighted by atomic mass is 16.5. The molecule has 0 unspecified atom stereocenters. The van der Waals surface area contributed by atoms with Gasteiger partial charge in [0.25, 0.3) is 0 Å². The minimum Gasteiger partial charge on any atom is -0.393 e. The van der Waals surface area contributed by atoms with Crippen molar-refractivity contribution in [2.75, 3.05) is 13.1 Å². The van der Waals surface area contributed by atoms with Crippen LogP contribution in [-0.4, -0.2) is 40.3 Å². The van der Waals surface area contributed by atoms with E-state index in [9.17, 15) is 9.90 Å². The Balaban J connectivity index is 1.56. The summed E-state index contributed by atoms with van der Waals surface area (Å²) >= 11 is 0. The van der Waals surface area contributed by atoms with Gasteiger partial charge in [-0.2, -0.15) is 0 Å². The first-order valence-corrected chi connectivity index (χ1v) is 8.53. The Morgan fingerprint density at radius 1 is 1.33 bits per heavy atom. The van der Waals surface area contributed by atoms with Crippen LogP contribution in [0.5, 0.6) is 0 Å². The third-order valence-corrected chi connectivity index (χ3v) is 4.74. The highest BCUT2D eigenvalue weighted by Crippen LogP contribution is 2.22. The maximum Gasteiger partial charge on any atom is 0.223 e. The van der Waals surface area contributed by atoms with Crippen molar-refractivity contribution in [1.82, 2.24) is 10.1 Å². The van der Waals surface area contributed by atoms with Crippen molar-refractivity contribution in [3.63, 3.8) is 0 Å². The van der Waals surface area contributed by atoms with Gasteiger partial charge in [0.05, 0.1) is 12.3 Å². The largest absolute Gasteiger partial charge is 0.393 e. The summed E-state index contributed by atoms with van der Waals surface area (Å²) in [5.74, 6) is 0.944. The normalized spacial score (nSPS) is 21.0. The Morgan fingerprint density at radius 3 is 2.83 bits per heavy atom. The summed E-state index contributed by atoms with van der Waals surface area (Å²) in [6.45, 7) is 3.30. The van der Waals surface area contributed by atoms with Gasteiger partial charge in [-0.3, -0.25) is 4.79 Å². The third-order valence-electron chi connectivity index (χ3n) is 4.74. The molecule has 1 aromatic carbocycles. The SMILES string of the molecule is Cc1ccc(C[C@@H]2CN(C(=O)CCc3ccno3)CC[C@@H]2O)cc1. The molecule has 5 nitrogen and oxygen atoms in total. The van der Waals surface area contributed by atoms with E-state index in [1.54, 1.807) is 12.3 Å². The number of hydrogen-bond donors (Lipinski definition) is 1. The first-order valence-electron chi connectivity index (χ1n) is 8.53. The van der Waals surface area contributed by atoms with E-state index in [0.29, 0.717) is 32.4 Å². The smallest absolute Gasteiger partial charge is 0.223 e. The van der Waals surface area contributed by atoms with Crippen LogP contribution in [0.15, 0.2) is 41.1 Å². The first kappa shape index (κ1) is 16.7. The van der Waals surface area contributed by atoms with Crippen LogP contribution < -0.4 is 0 Å². The molecule has 1 saturated heterocycles. The fourth-order valence-corrected chi connectivity index (χ4v) is 3.23. The Labute approximate surface area is 142 Å². The summed E-state index contributed by atoms with van der Waals surface area (Å²) in [5, 5.41) is 14.0. The van der Waals surface area contributed by atoms with Crippen molar-refractivity contribution in [3.05, 3.63) is 53.4 Å². The van der Waals surface area contributed by atoms with Gasteiger partial charge in [-0.15, -0.1) is 0 Å². The maximum atomic E-state index is 12.4. The van der Waals surface area contributed by atoms with Crippen LogP contribution in [0.2, 0.25) is 0 Å². The Kier molecular flexibility index (Phi) is 5.30. The molecule has 128 valence electrons. The summed E-state index contributed by atoms with van der Waals surface area (Å²) < 4.78 is 5.04. The Morgan fingerprint density at radius 2 is 2.12 bits per heavy atom. The number of carbonyl (C=O) groups is 1. The second-order valence-corrected chi connectivity index (χ2v) is 6.62. The average Bonchev–Trinajstić information content (AvgIpc) is 3.10. The molecule has 0 aliphatic carbocycles. The van der Waals surface area contributed by atoms with E-state index >= 15 is 0 Å². The monoisotopic (exact) mass is 328 g/mol. The molecule has 2 aromatic rings. The predicted molar refractivity (Wildman–Crippen MR) is 90.4 cm³/mol. The van der Waals surface area contributed by atoms with Gasteiger partial charge in [0.15, 0.2) is 0 Å². The van der Waals surface area contributed by atoms with Gasteiger partial charge in [-0.1, -0.05) is 35.0 Å².